The lowest BCUT2D eigenvalue weighted by molar-refractivity contribution is 0.0921. The predicted octanol–water partition coefficient (Wildman–Crippen LogP) is 3.03. The van der Waals surface area contributed by atoms with E-state index in [4.69, 9.17) is 0 Å². The van der Waals surface area contributed by atoms with Crippen LogP contribution in [0.3, 0.4) is 0 Å². The van der Waals surface area contributed by atoms with Crippen LogP contribution in [0.5, 0.6) is 0 Å². The van der Waals surface area contributed by atoms with Crippen molar-refractivity contribution >= 4 is 5.91 Å². The molecule has 0 saturated heterocycles. The lowest BCUT2D eigenvalue weighted by atomic mass is 9.94. The highest BCUT2D eigenvalue weighted by molar-refractivity contribution is 5.94. The molecule has 0 bridgehead atoms. The van der Waals surface area contributed by atoms with Gasteiger partial charge >= 0.3 is 0 Å². The molecule has 0 aliphatic heterocycles. The molecule has 0 fully saturated rings. The summed E-state index contributed by atoms with van der Waals surface area (Å²) in [7, 11) is 0. The monoisotopic (exact) mass is 293 g/mol. The van der Waals surface area contributed by atoms with Crippen molar-refractivity contribution in [2.45, 2.75) is 32.2 Å². The Morgan fingerprint density at radius 1 is 1.27 bits per heavy atom. The maximum Gasteiger partial charge on any atom is 0.254 e. The van der Waals surface area contributed by atoms with Gasteiger partial charge in [-0.15, -0.1) is 0 Å². The van der Waals surface area contributed by atoms with E-state index >= 15 is 0 Å². The molecule has 1 heterocycles. The highest BCUT2D eigenvalue weighted by Crippen LogP contribution is 2.14. The van der Waals surface area contributed by atoms with Gasteiger partial charge < -0.3 is 5.32 Å². The highest BCUT2D eigenvalue weighted by atomic mass is 16.1. The van der Waals surface area contributed by atoms with E-state index in [1.54, 1.807) is 19.1 Å². The molecule has 4 nitrogen and oxygen atoms in total. The van der Waals surface area contributed by atoms with Gasteiger partial charge in [0.15, 0.2) is 0 Å². The standard InChI is InChI=1S/C18H19N3O/c1-14-8-9-16(12-20-14)17(22)21-18(2,13-19)11-10-15-6-4-3-5-7-15/h3-9,12H,10-11H2,1-2H3,(H,21,22)/t18-/m1/s1. The molecule has 2 aromatic rings. The maximum atomic E-state index is 12.2. The number of nitrogens with one attached hydrogen (secondary N) is 1. The Balaban J connectivity index is 2.02. The average molecular weight is 293 g/mol. The molecule has 112 valence electrons. The van der Waals surface area contributed by atoms with Crippen molar-refractivity contribution < 1.29 is 4.79 Å². The number of amides is 1. The van der Waals surface area contributed by atoms with Gasteiger partial charge in [-0.25, -0.2) is 0 Å². The topological polar surface area (TPSA) is 65.8 Å². The summed E-state index contributed by atoms with van der Waals surface area (Å²) in [5.41, 5.74) is 1.56. The molecule has 0 spiro atoms. The zero-order valence-electron chi connectivity index (χ0n) is 12.8. The fourth-order valence-electron chi connectivity index (χ4n) is 2.11. The molecule has 1 N–H and O–H groups in total. The van der Waals surface area contributed by atoms with Crippen LogP contribution in [0.4, 0.5) is 0 Å². The lowest BCUT2D eigenvalue weighted by Crippen LogP contribution is -2.45. The first kappa shape index (κ1) is 15.7. The number of nitrogens with zero attached hydrogens (tertiary/aromatic N) is 2. The smallest absolute Gasteiger partial charge is 0.254 e. The molecule has 22 heavy (non-hydrogen) atoms. The quantitative estimate of drug-likeness (QED) is 0.921. The number of carbonyl (C=O) groups excluding carboxylic acids is 1. The second kappa shape index (κ2) is 6.86. The number of hydrogen-bond acceptors (Lipinski definition) is 3. The summed E-state index contributed by atoms with van der Waals surface area (Å²) < 4.78 is 0. The molecular weight excluding hydrogens is 274 g/mol. The first-order valence-electron chi connectivity index (χ1n) is 7.23. The van der Waals surface area contributed by atoms with E-state index in [1.165, 1.54) is 6.20 Å². The van der Waals surface area contributed by atoms with Crippen LogP contribution in [-0.4, -0.2) is 16.4 Å². The Morgan fingerprint density at radius 2 is 2.00 bits per heavy atom. The van der Waals surface area contributed by atoms with Gasteiger partial charge in [0, 0.05) is 11.9 Å². The summed E-state index contributed by atoms with van der Waals surface area (Å²) in [5.74, 6) is -0.274. The summed E-state index contributed by atoms with van der Waals surface area (Å²) in [6, 6.07) is 15.6. The van der Waals surface area contributed by atoms with E-state index < -0.39 is 5.54 Å². The van der Waals surface area contributed by atoms with Crippen molar-refractivity contribution in [3.8, 4) is 6.07 Å². The lowest BCUT2D eigenvalue weighted by Gasteiger charge is -2.23. The third kappa shape index (κ3) is 4.16. The SMILES string of the molecule is Cc1ccc(C(=O)N[C@@](C)(C#N)CCc2ccccc2)cn1. The number of nitriles is 1. The van der Waals surface area contributed by atoms with Crippen LogP contribution in [0.25, 0.3) is 0 Å². The molecule has 1 aromatic heterocycles. The molecule has 0 aliphatic carbocycles. The molecule has 0 aliphatic rings. The fourth-order valence-corrected chi connectivity index (χ4v) is 2.11. The highest BCUT2D eigenvalue weighted by Gasteiger charge is 2.26. The predicted molar refractivity (Wildman–Crippen MR) is 85.2 cm³/mol. The van der Waals surface area contributed by atoms with Crippen LogP contribution < -0.4 is 5.32 Å². The molecular formula is C18H19N3O. The molecule has 0 saturated carbocycles. The number of carbonyl (C=O) groups is 1. The van der Waals surface area contributed by atoms with Crippen LogP contribution in [0.15, 0.2) is 48.7 Å². The van der Waals surface area contributed by atoms with Crippen molar-refractivity contribution in [1.29, 1.82) is 5.26 Å². The summed E-state index contributed by atoms with van der Waals surface area (Å²) in [6.45, 7) is 3.61. The Morgan fingerprint density at radius 3 is 2.59 bits per heavy atom. The summed E-state index contributed by atoms with van der Waals surface area (Å²) >= 11 is 0. The van der Waals surface area contributed by atoms with E-state index in [9.17, 15) is 10.1 Å². The van der Waals surface area contributed by atoms with E-state index in [0.717, 1.165) is 17.7 Å². The van der Waals surface area contributed by atoms with Crippen molar-refractivity contribution in [2.24, 2.45) is 0 Å². The first-order valence-corrected chi connectivity index (χ1v) is 7.23. The second-order valence-corrected chi connectivity index (χ2v) is 5.57. The Kier molecular flexibility index (Phi) is 4.90. The molecule has 1 aromatic carbocycles. The largest absolute Gasteiger partial charge is 0.334 e. The van der Waals surface area contributed by atoms with Gasteiger partial charge in [-0.3, -0.25) is 9.78 Å². The first-order chi connectivity index (χ1) is 10.5. The van der Waals surface area contributed by atoms with Gasteiger partial charge in [0.1, 0.15) is 5.54 Å². The van der Waals surface area contributed by atoms with Gasteiger partial charge in [0.05, 0.1) is 11.6 Å². The van der Waals surface area contributed by atoms with Crippen LogP contribution in [0.1, 0.15) is 35.0 Å². The van der Waals surface area contributed by atoms with Crippen LogP contribution in [-0.2, 0) is 6.42 Å². The molecule has 0 unspecified atom stereocenters. The molecule has 2 rings (SSSR count). The summed E-state index contributed by atoms with van der Waals surface area (Å²) in [4.78, 5) is 16.3. The zero-order valence-corrected chi connectivity index (χ0v) is 12.8. The number of aryl methyl sites for hydroxylation is 2. The van der Waals surface area contributed by atoms with E-state index in [0.29, 0.717) is 12.0 Å². The van der Waals surface area contributed by atoms with Crippen molar-refractivity contribution in [1.82, 2.24) is 10.3 Å². The molecule has 1 atom stereocenters. The minimum absolute atomic E-state index is 0.274. The third-order valence-corrected chi connectivity index (χ3v) is 3.57. The van der Waals surface area contributed by atoms with Crippen molar-refractivity contribution in [3.63, 3.8) is 0 Å². The molecule has 4 heteroatoms. The number of aromatic nitrogens is 1. The normalized spacial score (nSPS) is 13.0. The summed E-state index contributed by atoms with van der Waals surface area (Å²) in [5, 5.41) is 12.2. The van der Waals surface area contributed by atoms with Gasteiger partial charge in [-0.2, -0.15) is 5.26 Å². The Bertz CT molecular complexity index is 674. The van der Waals surface area contributed by atoms with E-state index in [2.05, 4.69) is 16.4 Å². The fraction of sp³-hybridized carbons (Fsp3) is 0.278. The maximum absolute atomic E-state index is 12.2. The van der Waals surface area contributed by atoms with Gasteiger partial charge in [0.25, 0.3) is 5.91 Å². The van der Waals surface area contributed by atoms with Crippen LogP contribution in [0, 0.1) is 18.3 Å². The van der Waals surface area contributed by atoms with Gasteiger partial charge in [0.2, 0.25) is 0 Å². The van der Waals surface area contributed by atoms with Crippen LogP contribution in [0.2, 0.25) is 0 Å². The number of benzene rings is 1. The molecule has 0 radical (unpaired) electrons. The van der Waals surface area contributed by atoms with E-state index in [-0.39, 0.29) is 5.91 Å². The van der Waals surface area contributed by atoms with Crippen molar-refractivity contribution in [3.05, 3.63) is 65.5 Å². The Hall–Kier alpha value is -2.67. The van der Waals surface area contributed by atoms with Gasteiger partial charge in [-0.1, -0.05) is 30.3 Å². The number of hydrogen-bond donors (Lipinski definition) is 1. The van der Waals surface area contributed by atoms with E-state index in [1.807, 2.05) is 37.3 Å². The Labute approximate surface area is 130 Å². The number of rotatable bonds is 5. The second-order valence-electron chi connectivity index (χ2n) is 5.57. The average Bonchev–Trinajstić information content (AvgIpc) is 2.54. The number of pyridine rings is 1. The summed E-state index contributed by atoms with van der Waals surface area (Å²) in [6.07, 6.45) is 2.82. The van der Waals surface area contributed by atoms with Gasteiger partial charge in [-0.05, 0) is 44.4 Å². The van der Waals surface area contributed by atoms with Crippen LogP contribution >= 0.6 is 0 Å². The third-order valence-electron chi connectivity index (χ3n) is 3.57. The minimum atomic E-state index is -0.905. The van der Waals surface area contributed by atoms with Crippen molar-refractivity contribution in [2.75, 3.05) is 0 Å². The minimum Gasteiger partial charge on any atom is -0.334 e. The molecule has 1 amide bonds. The zero-order chi connectivity index (χ0) is 16.0.